The molecule has 1 fully saturated rings. The minimum atomic E-state index is 0.438. The molecule has 1 aromatic heterocycles. The highest BCUT2D eigenvalue weighted by Gasteiger charge is 2.23. The maximum atomic E-state index is 5.25. The van der Waals surface area contributed by atoms with Crippen LogP contribution in [-0.2, 0) is 0 Å². The number of hydrogen-bond donors (Lipinski definition) is 2. The van der Waals surface area contributed by atoms with Crippen LogP contribution in [0.4, 0.5) is 5.95 Å². The molecule has 2 heterocycles. The number of piperazine rings is 1. The van der Waals surface area contributed by atoms with Gasteiger partial charge in [0.2, 0.25) is 5.95 Å². The summed E-state index contributed by atoms with van der Waals surface area (Å²) < 4.78 is 5.25. The van der Waals surface area contributed by atoms with E-state index in [-0.39, 0.29) is 0 Å². The van der Waals surface area contributed by atoms with E-state index in [2.05, 4.69) is 39.2 Å². The molecule has 112 valence electrons. The summed E-state index contributed by atoms with van der Waals surface area (Å²) in [6.07, 6.45) is 0. The molecule has 1 aliphatic rings. The summed E-state index contributed by atoms with van der Waals surface area (Å²) in [6, 6.07) is 8.69. The zero-order valence-corrected chi connectivity index (χ0v) is 12.6. The second kappa shape index (κ2) is 5.73. The average Bonchev–Trinajstić information content (AvgIpc) is 2.96. The van der Waals surface area contributed by atoms with Crippen molar-refractivity contribution >= 4 is 5.95 Å². The van der Waals surface area contributed by atoms with Crippen molar-refractivity contribution < 1.29 is 4.74 Å². The summed E-state index contributed by atoms with van der Waals surface area (Å²) in [7, 11) is 1.66. The van der Waals surface area contributed by atoms with Gasteiger partial charge < -0.3 is 15.0 Å². The molecule has 1 aromatic carbocycles. The van der Waals surface area contributed by atoms with Gasteiger partial charge in [-0.1, -0.05) is 12.1 Å². The van der Waals surface area contributed by atoms with Crippen molar-refractivity contribution in [2.75, 3.05) is 25.1 Å². The van der Waals surface area contributed by atoms with Gasteiger partial charge in [-0.25, -0.2) is 0 Å². The lowest BCUT2D eigenvalue weighted by Crippen LogP contribution is -2.54. The van der Waals surface area contributed by atoms with Crippen LogP contribution in [0.3, 0.4) is 0 Å². The van der Waals surface area contributed by atoms with E-state index in [1.807, 2.05) is 24.3 Å². The van der Waals surface area contributed by atoms with E-state index < -0.39 is 0 Å². The average molecular weight is 287 g/mol. The molecule has 6 nitrogen and oxygen atoms in total. The van der Waals surface area contributed by atoms with Gasteiger partial charge in [0.05, 0.1) is 7.11 Å². The summed E-state index contributed by atoms with van der Waals surface area (Å²) in [5.74, 6) is 2.34. The third kappa shape index (κ3) is 3.00. The van der Waals surface area contributed by atoms with E-state index in [1.54, 1.807) is 7.11 Å². The topological polar surface area (TPSA) is 66.1 Å². The largest absolute Gasteiger partial charge is 0.497 e. The molecular weight excluding hydrogens is 266 g/mol. The zero-order chi connectivity index (χ0) is 14.8. The van der Waals surface area contributed by atoms with Gasteiger partial charge in [-0.05, 0) is 26.0 Å². The molecule has 2 aromatic rings. The molecule has 2 unspecified atom stereocenters. The Morgan fingerprint density at radius 2 is 2.00 bits per heavy atom. The van der Waals surface area contributed by atoms with Gasteiger partial charge in [-0.2, -0.15) is 4.98 Å². The van der Waals surface area contributed by atoms with E-state index >= 15 is 0 Å². The Morgan fingerprint density at radius 1 is 1.24 bits per heavy atom. The van der Waals surface area contributed by atoms with Gasteiger partial charge in [0.25, 0.3) is 0 Å². The second-order valence-corrected chi connectivity index (χ2v) is 5.59. The minimum absolute atomic E-state index is 0.438. The van der Waals surface area contributed by atoms with Crippen LogP contribution in [-0.4, -0.2) is 47.5 Å². The quantitative estimate of drug-likeness (QED) is 0.899. The van der Waals surface area contributed by atoms with E-state index in [9.17, 15) is 0 Å². The number of aromatic nitrogens is 3. The highest BCUT2D eigenvalue weighted by Crippen LogP contribution is 2.22. The standard InChI is InChI=1S/C15H21N5O/c1-10-8-20(9-11(2)16-10)15-17-14(18-19-15)12-5-4-6-13(7-12)21-3/h4-7,10-11,16H,8-9H2,1-3H3,(H,17,18,19). The lowest BCUT2D eigenvalue weighted by atomic mass is 10.1. The van der Waals surface area contributed by atoms with Gasteiger partial charge >= 0.3 is 0 Å². The van der Waals surface area contributed by atoms with Crippen LogP contribution in [0.2, 0.25) is 0 Å². The summed E-state index contributed by atoms with van der Waals surface area (Å²) in [6.45, 7) is 6.19. The maximum absolute atomic E-state index is 5.25. The van der Waals surface area contributed by atoms with Crippen molar-refractivity contribution in [2.24, 2.45) is 0 Å². The fourth-order valence-corrected chi connectivity index (χ4v) is 2.78. The van der Waals surface area contributed by atoms with E-state index in [4.69, 9.17) is 4.74 Å². The molecule has 0 aliphatic carbocycles. The number of ether oxygens (including phenoxy) is 1. The molecule has 1 saturated heterocycles. The van der Waals surface area contributed by atoms with Crippen molar-refractivity contribution in [3.63, 3.8) is 0 Å². The zero-order valence-electron chi connectivity index (χ0n) is 12.6. The molecule has 1 aliphatic heterocycles. The molecule has 0 radical (unpaired) electrons. The van der Waals surface area contributed by atoms with Gasteiger partial charge in [-0.15, -0.1) is 5.10 Å². The lowest BCUT2D eigenvalue weighted by molar-refractivity contribution is 0.403. The third-order valence-corrected chi connectivity index (χ3v) is 3.66. The van der Waals surface area contributed by atoms with Gasteiger partial charge in [0.15, 0.2) is 5.82 Å². The number of benzene rings is 1. The Labute approximate surface area is 124 Å². The summed E-state index contributed by atoms with van der Waals surface area (Å²) in [4.78, 5) is 6.84. The summed E-state index contributed by atoms with van der Waals surface area (Å²) in [5, 5.41) is 10.9. The summed E-state index contributed by atoms with van der Waals surface area (Å²) in [5.41, 5.74) is 0.976. The molecule has 2 N–H and O–H groups in total. The van der Waals surface area contributed by atoms with Crippen LogP contribution in [0.15, 0.2) is 24.3 Å². The first kappa shape index (κ1) is 13.9. The molecule has 2 atom stereocenters. The van der Waals surface area contributed by atoms with Crippen LogP contribution in [0, 0.1) is 0 Å². The maximum Gasteiger partial charge on any atom is 0.245 e. The minimum Gasteiger partial charge on any atom is -0.497 e. The number of rotatable bonds is 3. The van der Waals surface area contributed by atoms with Crippen molar-refractivity contribution in [1.82, 2.24) is 20.5 Å². The number of H-pyrrole nitrogens is 1. The Kier molecular flexibility index (Phi) is 3.79. The normalized spacial score (nSPS) is 22.3. The van der Waals surface area contributed by atoms with Crippen LogP contribution in [0.5, 0.6) is 5.75 Å². The van der Waals surface area contributed by atoms with Crippen LogP contribution >= 0.6 is 0 Å². The molecule has 0 amide bonds. The van der Waals surface area contributed by atoms with E-state index in [0.29, 0.717) is 12.1 Å². The number of anilines is 1. The predicted molar refractivity (Wildman–Crippen MR) is 82.6 cm³/mol. The highest BCUT2D eigenvalue weighted by molar-refractivity contribution is 5.58. The van der Waals surface area contributed by atoms with Crippen LogP contribution < -0.4 is 15.0 Å². The van der Waals surface area contributed by atoms with Gasteiger partial charge in [-0.3, -0.25) is 5.10 Å². The first-order chi connectivity index (χ1) is 10.2. The molecule has 21 heavy (non-hydrogen) atoms. The molecule has 0 bridgehead atoms. The van der Waals surface area contributed by atoms with Crippen LogP contribution in [0.1, 0.15) is 13.8 Å². The molecule has 0 saturated carbocycles. The lowest BCUT2D eigenvalue weighted by Gasteiger charge is -2.35. The third-order valence-electron chi connectivity index (χ3n) is 3.66. The van der Waals surface area contributed by atoms with E-state index in [1.165, 1.54) is 0 Å². The Hall–Kier alpha value is -2.08. The number of aromatic amines is 1. The highest BCUT2D eigenvalue weighted by atomic mass is 16.5. The smallest absolute Gasteiger partial charge is 0.245 e. The molecule has 6 heteroatoms. The Bertz CT molecular complexity index is 602. The fourth-order valence-electron chi connectivity index (χ4n) is 2.78. The summed E-state index contributed by atoms with van der Waals surface area (Å²) >= 11 is 0. The fraction of sp³-hybridized carbons (Fsp3) is 0.467. The molecule has 0 spiro atoms. The number of nitrogens with one attached hydrogen (secondary N) is 2. The van der Waals surface area contributed by atoms with Gasteiger partial charge in [0, 0.05) is 30.7 Å². The molecule has 3 rings (SSSR count). The van der Waals surface area contributed by atoms with Gasteiger partial charge in [0.1, 0.15) is 5.75 Å². The van der Waals surface area contributed by atoms with Crippen molar-refractivity contribution in [3.8, 4) is 17.1 Å². The van der Waals surface area contributed by atoms with E-state index in [0.717, 1.165) is 36.2 Å². The number of methoxy groups -OCH3 is 1. The van der Waals surface area contributed by atoms with Crippen molar-refractivity contribution in [1.29, 1.82) is 0 Å². The van der Waals surface area contributed by atoms with Crippen molar-refractivity contribution in [2.45, 2.75) is 25.9 Å². The predicted octanol–water partition coefficient (Wildman–Crippen LogP) is 1.67. The second-order valence-electron chi connectivity index (χ2n) is 5.59. The number of nitrogens with zero attached hydrogens (tertiary/aromatic N) is 3. The monoisotopic (exact) mass is 287 g/mol. The van der Waals surface area contributed by atoms with Crippen LogP contribution in [0.25, 0.3) is 11.4 Å². The Balaban J connectivity index is 1.82. The first-order valence-corrected chi connectivity index (χ1v) is 7.23. The first-order valence-electron chi connectivity index (χ1n) is 7.23. The SMILES string of the molecule is COc1cccc(-c2nc(N3CC(C)NC(C)C3)n[nH]2)c1. The molecular formula is C15H21N5O. The van der Waals surface area contributed by atoms with Crippen molar-refractivity contribution in [3.05, 3.63) is 24.3 Å². The number of hydrogen-bond acceptors (Lipinski definition) is 5. The Morgan fingerprint density at radius 3 is 2.71 bits per heavy atom.